The van der Waals surface area contributed by atoms with E-state index in [1.807, 2.05) is 0 Å². The molecule has 1 aliphatic carbocycles. The highest BCUT2D eigenvalue weighted by atomic mass is 16.3. The first-order valence-electron chi connectivity index (χ1n) is 3.99. The molecule has 2 heteroatoms. The lowest BCUT2D eigenvalue weighted by molar-refractivity contribution is 0.0340. The summed E-state index contributed by atoms with van der Waals surface area (Å²) in [6.07, 6.45) is 4.80. The quantitative estimate of drug-likeness (QED) is 0.633. The number of hydrogen-bond donors (Lipinski definition) is 1. The van der Waals surface area contributed by atoms with Crippen LogP contribution in [-0.2, 0) is 0 Å². The molecule has 1 rings (SSSR count). The summed E-state index contributed by atoms with van der Waals surface area (Å²) in [5, 5.41) is 8.79. The standard InChI is InChI=1S/C8H17NO/c1-9(2)8(6-7-10)4-3-5-8/h10H,3-7H2,1-2H3. The van der Waals surface area contributed by atoms with Crippen molar-refractivity contribution in [1.82, 2.24) is 4.90 Å². The van der Waals surface area contributed by atoms with Crippen LogP contribution >= 0.6 is 0 Å². The molecule has 10 heavy (non-hydrogen) atoms. The Balaban J connectivity index is 2.42. The van der Waals surface area contributed by atoms with Crippen molar-refractivity contribution < 1.29 is 5.11 Å². The summed E-state index contributed by atoms with van der Waals surface area (Å²) < 4.78 is 0. The minimum atomic E-state index is 0.332. The minimum Gasteiger partial charge on any atom is -0.396 e. The van der Waals surface area contributed by atoms with Crippen LogP contribution in [0.1, 0.15) is 25.7 Å². The fourth-order valence-corrected chi connectivity index (χ4v) is 1.71. The molecule has 0 saturated heterocycles. The molecule has 0 aromatic rings. The molecule has 1 aliphatic rings. The number of aliphatic hydroxyl groups is 1. The van der Waals surface area contributed by atoms with Gasteiger partial charge in [-0.25, -0.2) is 0 Å². The molecular weight excluding hydrogens is 126 g/mol. The Bertz CT molecular complexity index is 108. The number of rotatable bonds is 3. The minimum absolute atomic E-state index is 0.332. The first kappa shape index (κ1) is 8.02. The van der Waals surface area contributed by atoms with E-state index in [0.717, 1.165) is 6.42 Å². The Labute approximate surface area is 62.8 Å². The Morgan fingerprint density at radius 3 is 2.10 bits per heavy atom. The van der Waals surface area contributed by atoms with Gasteiger partial charge >= 0.3 is 0 Å². The van der Waals surface area contributed by atoms with E-state index in [9.17, 15) is 0 Å². The molecule has 0 spiro atoms. The van der Waals surface area contributed by atoms with E-state index in [4.69, 9.17) is 5.11 Å². The Kier molecular flexibility index (Phi) is 2.32. The molecule has 1 N–H and O–H groups in total. The second-order valence-corrected chi connectivity index (χ2v) is 3.45. The van der Waals surface area contributed by atoms with Gasteiger partial charge in [0, 0.05) is 12.1 Å². The molecule has 1 fully saturated rings. The Hall–Kier alpha value is -0.0800. The summed E-state index contributed by atoms with van der Waals surface area (Å²) >= 11 is 0. The van der Waals surface area contributed by atoms with Crippen LogP contribution in [0.25, 0.3) is 0 Å². The van der Waals surface area contributed by atoms with Crippen LogP contribution in [0.4, 0.5) is 0 Å². The third kappa shape index (κ3) is 1.18. The highest BCUT2D eigenvalue weighted by molar-refractivity contribution is 4.95. The van der Waals surface area contributed by atoms with Crippen LogP contribution in [-0.4, -0.2) is 36.2 Å². The van der Waals surface area contributed by atoms with Crippen molar-refractivity contribution >= 4 is 0 Å². The van der Waals surface area contributed by atoms with E-state index in [1.54, 1.807) is 0 Å². The van der Waals surface area contributed by atoms with Gasteiger partial charge in [0.1, 0.15) is 0 Å². The maximum atomic E-state index is 8.79. The molecule has 2 nitrogen and oxygen atoms in total. The van der Waals surface area contributed by atoms with Gasteiger partial charge < -0.3 is 10.0 Å². The maximum Gasteiger partial charge on any atom is 0.0448 e. The number of hydrogen-bond acceptors (Lipinski definition) is 2. The van der Waals surface area contributed by atoms with Gasteiger partial charge in [0.2, 0.25) is 0 Å². The van der Waals surface area contributed by atoms with E-state index < -0.39 is 0 Å². The molecule has 60 valence electrons. The van der Waals surface area contributed by atoms with E-state index in [-0.39, 0.29) is 0 Å². The highest BCUT2D eigenvalue weighted by Crippen LogP contribution is 2.38. The zero-order valence-electron chi connectivity index (χ0n) is 6.93. The van der Waals surface area contributed by atoms with Crippen molar-refractivity contribution in [3.05, 3.63) is 0 Å². The normalized spacial score (nSPS) is 22.8. The van der Waals surface area contributed by atoms with Crippen LogP contribution in [0.3, 0.4) is 0 Å². The van der Waals surface area contributed by atoms with Gasteiger partial charge in [0.25, 0.3) is 0 Å². The van der Waals surface area contributed by atoms with E-state index in [0.29, 0.717) is 12.1 Å². The highest BCUT2D eigenvalue weighted by Gasteiger charge is 2.37. The van der Waals surface area contributed by atoms with Crippen LogP contribution in [0.2, 0.25) is 0 Å². The smallest absolute Gasteiger partial charge is 0.0448 e. The summed E-state index contributed by atoms with van der Waals surface area (Å²) in [5.74, 6) is 0. The Morgan fingerprint density at radius 1 is 1.40 bits per heavy atom. The zero-order valence-corrected chi connectivity index (χ0v) is 6.93. The van der Waals surface area contributed by atoms with Crippen molar-refractivity contribution in [2.75, 3.05) is 20.7 Å². The van der Waals surface area contributed by atoms with Gasteiger partial charge in [-0.1, -0.05) is 0 Å². The molecule has 1 saturated carbocycles. The van der Waals surface area contributed by atoms with Gasteiger partial charge in [-0.2, -0.15) is 0 Å². The van der Waals surface area contributed by atoms with Crippen LogP contribution in [0.5, 0.6) is 0 Å². The second kappa shape index (κ2) is 2.89. The van der Waals surface area contributed by atoms with Crippen molar-refractivity contribution in [3.63, 3.8) is 0 Å². The molecule has 0 radical (unpaired) electrons. The van der Waals surface area contributed by atoms with Gasteiger partial charge in [0.15, 0.2) is 0 Å². The third-order valence-corrected chi connectivity index (χ3v) is 2.81. The lowest BCUT2D eigenvalue weighted by Crippen LogP contribution is -2.50. The lowest BCUT2D eigenvalue weighted by Gasteiger charge is -2.47. The van der Waals surface area contributed by atoms with Crippen LogP contribution in [0, 0.1) is 0 Å². The van der Waals surface area contributed by atoms with Crippen molar-refractivity contribution in [2.45, 2.75) is 31.2 Å². The second-order valence-electron chi connectivity index (χ2n) is 3.45. The average Bonchev–Trinajstić information content (AvgIpc) is 1.77. The average molecular weight is 143 g/mol. The zero-order chi connectivity index (χ0) is 7.61. The van der Waals surface area contributed by atoms with Gasteiger partial charge in [-0.3, -0.25) is 0 Å². The predicted octanol–water partition coefficient (Wildman–Crippen LogP) is 0.853. The molecule has 0 heterocycles. The van der Waals surface area contributed by atoms with Crippen LogP contribution < -0.4 is 0 Å². The molecular formula is C8H17NO. The predicted molar refractivity (Wildman–Crippen MR) is 42.0 cm³/mol. The summed E-state index contributed by atoms with van der Waals surface area (Å²) in [7, 11) is 4.21. The maximum absolute atomic E-state index is 8.79. The monoisotopic (exact) mass is 143 g/mol. The molecule has 0 aromatic heterocycles. The molecule has 0 bridgehead atoms. The first-order chi connectivity index (χ1) is 4.71. The van der Waals surface area contributed by atoms with Gasteiger partial charge in [-0.05, 0) is 39.8 Å². The SMILES string of the molecule is CN(C)C1(CCO)CCC1. The van der Waals surface area contributed by atoms with Crippen LogP contribution in [0.15, 0.2) is 0 Å². The van der Waals surface area contributed by atoms with Gasteiger partial charge in [0.05, 0.1) is 0 Å². The fourth-order valence-electron chi connectivity index (χ4n) is 1.71. The number of aliphatic hydroxyl groups excluding tert-OH is 1. The van der Waals surface area contributed by atoms with Crippen molar-refractivity contribution in [1.29, 1.82) is 0 Å². The van der Waals surface area contributed by atoms with E-state index in [1.165, 1.54) is 19.3 Å². The first-order valence-corrected chi connectivity index (χ1v) is 3.99. The summed E-state index contributed by atoms with van der Waals surface area (Å²) in [4.78, 5) is 2.26. The summed E-state index contributed by atoms with van der Waals surface area (Å²) in [6, 6.07) is 0. The fraction of sp³-hybridized carbons (Fsp3) is 1.00. The topological polar surface area (TPSA) is 23.5 Å². The molecule has 0 amide bonds. The van der Waals surface area contributed by atoms with E-state index in [2.05, 4.69) is 19.0 Å². The molecule has 0 aromatic carbocycles. The van der Waals surface area contributed by atoms with E-state index >= 15 is 0 Å². The van der Waals surface area contributed by atoms with Crippen molar-refractivity contribution in [3.8, 4) is 0 Å². The molecule has 0 aliphatic heterocycles. The third-order valence-electron chi connectivity index (χ3n) is 2.81. The number of nitrogens with zero attached hydrogens (tertiary/aromatic N) is 1. The van der Waals surface area contributed by atoms with Gasteiger partial charge in [-0.15, -0.1) is 0 Å². The lowest BCUT2D eigenvalue weighted by atomic mass is 9.73. The Morgan fingerprint density at radius 2 is 2.00 bits per heavy atom. The largest absolute Gasteiger partial charge is 0.396 e. The molecule has 0 atom stereocenters. The summed E-state index contributed by atoms with van der Waals surface area (Å²) in [6.45, 7) is 0.332. The molecule has 0 unspecified atom stereocenters. The van der Waals surface area contributed by atoms with Crippen molar-refractivity contribution in [2.24, 2.45) is 0 Å². The summed E-state index contributed by atoms with van der Waals surface area (Å²) in [5.41, 5.74) is 0.356.